The van der Waals surface area contributed by atoms with Crippen LogP contribution in [0.4, 0.5) is 16.2 Å². The lowest BCUT2D eigenvalue weighted by molar-refractivity contribution is 0.102. The first-order valence-corrected chi connectivity index (χ1v) is 8.34. The first-order chi connectivity index (χ1) is 12.2. The van der Waals surface area contributed by atoms with E-state index in [1.54, 1.807) is 30.3 Å². The van der Waals surface area contributed by atoms with E-state index in [0.29, 0.717) is 22.7 Å². The van der Waals surface area contributed by atoms with Gasteiger partial charge in [0, 0.05) is 5.54 Å². The summed E-state index contributed by atoms with van der Waals surface area (Å²) in [4.78, 5) is 24.9. The fraction of sp³-hybridized carbons (Fsp3) is 0.300. The van der Waals surface area contributed by atoms with Crippen LogP contribution < -0.4 is 20.7 Å². The molecule has 0 unspecified atom stereocenters. The molecule has 0 aliphatic heterocycles. The topological polar surface area (TPSA) is 79.5 Å². The molecule has 2 rings (SSSR count). The van der Waals surface area contributed by atoms with Crippen LogP contribution in [0.2, 0.25) is 0 Å². The van der Waals surface area contributed by atoms with Crippen LogP contribution in [0.5, 0.6) is 5.75 Å². The standard InChI is InChI=1S/C20H25N3O3/c1-13-9-8-11-15(21-19(25)23-20(2,3)4)17(13)22-18(24)14-10-6-7-12-16(14)26-5/h6-12H,1-5H3,(H,22,24)(H2,21,23,25). The van der Waals surface area contributed by atoms with Crippen molar-refractivity contribution in [1.82, 2.24) is 5.32 Å². The number of nitrogens with one attached hydrogen (secondary N) is 3. The number of aryl methyl sites for hydroxylation is 1. The minimum Gasteiger partial charge on any atom is -0.496 e. The number of carbonyl (C=O) groups is 2. The highest BCUT2D eigenvalue weighted by atomic mass is 16.5. The molecule has 0 bridgehead atoms. The lowest BCUT2D eigenvalue weighted by atomic mass is 10.1. The maximum absolute atomic E-state index is 12.7. The highest BCUT2D eigenvalue weighted by Crippen LogP contribution is 2.27. The van der Waals surface area contributed by atoms with Gasteiger partial charge in [-0.2, -0.15) is 0 Å². The smallest absolute Gasteiger partial charge is 0.319 e. The number of carbonyl (C=O) groups excluding carboxylic acids is 2. The number of hydrogen-bond donors (Lipinski definition) is 3. The predicted molar refractivity (Wildman–Crippen MR) is 104 cm³/mol. The Morgan fingerprint density at radius 3 is 2.31 bits per heavy atom. The molecule has 2 aromatic rings. The summed E-state index contributed by atoms with van der Waals surface area (Å²) in [6, 6.07) is 12.1. The number of methoxy groups -OCH3 is 1. The van der Waals surface area contributed by atoms with Crippen LogP contribution in [0.1, 0.15) is 36.7 Å². The Morgan fingerprint density at radius 1 is 0.962 bits per heavy atom. The van der Waals surface area contributed by atoms with Gasteiger partial charge in [-0.15, -0.1) is 0 Å². The minimum absolute atomic E-state index is 0.309. The van der Waals surface area contributed by atoms with E-state index in [9.17, 15) is 9.59 Å². The molecule has 0 aliphatic carbocycles. The zero-order chi connectivity index (χ0) is 19.3. The number of anilines is 2. The van der Waals surface area contributed by atoms with Crippen molar-refractivity contribution in [2.45, 2.75) is 33.2 Å². The molecule has 0 aliphatic rings. The van der Waals surface area contributed by atoms with Crippen molar-refractivity contribution in [1.29, 1.82) is 0 Å². The van der Waals surface area contributed by atoms with Gasteiger partial charge in [0.1, 0.15) is 5.75 Å². The molecule has 0 heterocycles. The lowest BCUT2D eigenvalue weighted by Gasteiger charge is -2.22. The Balaban J connectivity index is 2.26. The molecule has 6 nitrogen and oxygen atoms in total. The van der Waals surface area contributed by atoms with Gasteiger partial charge >= 0.3 is 6.03 Å². The summed E-state index contributed by atoms with van der Waals surface area (Å²) in [5.41, 5.74) is 1.96. The summed E-state index contributed by atoms with van der Waals surface area (Å²) < 4.78 is 5.24. The molecule has 0 fully saturated rings. The zero-order valence-electron chi connectivity index (χ0n) is 15.8. The number of urea groups is 1. The van der Waals surface area contributed by atoms with E-state index in [1.165, 1.54) is 7.11 Å². The first kappa shape index (κ1) is 19.3. The van der Waals surface area contributed by atoms with Crippen LogP contribution in [-0.2, 0) is 0 Å². The molecular formula is C20H25N3O3. The largest absolute Gasteiger partial charge is 0.496 e. The molecule has 0 radical (unpaired) electrons. The van der Waals surface area contributed by atoms with Gasteiger partial charge in [-0.3, -0.25) is 4.79 Å². The van der Waals surface area contributed by atoms with E-state index in [0.717, 1.165) is 5.56 Å². The Kier molecular flexibility index (Phi) is 5.87. The second-order valence-electron chi connectivity index (χ2n) is 6.98. The number of amides is 3. The second-order valence-corrected chi connectivity index (χ2v) is 6.98. The molecular weight excluding hydrogens is 330 g/mol. The molecule has 0 saturated heterocycles. The van der Waals surface area contributed by atoms with Crippen LogP contribution >= 0.6 is 0 Å². The van der Waals surface area contributed by atoms with Crippen LogP contribution in [-0.4, -0.2) is 24.6 Å². The van der Waals surface area contributed by atoms with Gasteiger partial charge in [-0.25, -0.2) is 4.79 Å². The van der Waals surface area contributed by atoms with Crippen molar-refractivity contribution in [3.8, 4) is 5.75 Å². The van der Waals surface area contributed by atoms with Crippen molar-refractivity contribution >= 4 is 23.3 Å². The molecule has 6 heteroatoms. The fourth-order valence-electron chi connectivity index (χ4n) is 2.45. The van der Waals surface area contributed by atoms with Crippen LogP contribution in [0.15, 0.2) is 42.5 Å². The van der Waals surface area contributed by atoms with Gasteiger partial charge in [0.25, 0.3) is 5.91 Å². The minimum atomic E-state index is -0.366. The van der Waals surface area contributed by atoms with Crippen molar-refractivity contribution in [2.24, 2.45) is 0 Å². The van der Waals surface area contributed by atoms with E-state index in [4.69, 9.17) is 4.74 Å². The molecule has 2 aromatic carbocycles. The van der Waals surface area contributed by atoms with E-state index >= 15 is 0 Å². The van der Waals surface area contributed by atoms with Gasteiger partial charge < -0.3 is 20.7 Å². The van der Waals surface area contributed by atoms with Crippen LogP contribution in [0.3, 0.4) is 0 Å². The van der Waals surface area contributed by atoms with Crippen molar-refractivity contribution in [3.63, 3.8) is 0 Å². The molecule has 0 saturated carbocycles. The van der Waals surface area contributed by atoms with Gasteiger partial charge in [0.2, 0.25) is 0 Å². The summed E-state index contributed by atoms with van der Waals surface area (Å²) >= 11 is 0. The average Bonchev–Trinajstić information content (AvgIpc) is 2.56. The van der Waals surface area contributed by atoms with Gasteiger partial charge in [0.05, 0.1) is 24.0 Å². The summed E-state index contributed by atoms with van der Waals surface area (Å²) in [6.45, 7) is 7.55. The van der Waals surface area contributed by atoms with Crippen molar-refractivity contribution in [3.05, 3.63) is 53.6 Å². The molecule has 138 valence electrons. The van der Waals surface area contributed by atoms with Gasteiger partial charge in [-0.1, -0.05) is 24.3 Å². The average molecular weight is 355 g/mol. The Hall–Kier alpha value is -3.02. The van der Waals surface area contributed by atoms with E-state index < -0.39 is 0 Å². The predicted octanol–water partition coefficient (Wildman–Crippen LogP) is 4.18. The summed E-state index contributed by atoms with van der Waals surface area (Å²) in [6.07, 6.45) is 0. The maximum atomic E-state index is 12.7. The monoisotopic (exact) mass is 355 g/mol. The SMILES string of the molecule is COc1ccccc1C(=O)Nc1c(C)cccc1NC(=O)NC(C)(C)C. The number of hydrogen-bond acceptors (Lipinski definition) is 3. The highest BCUT2D eigenvalue weighted by molar-refractivity contribution is 6.09. The second kappa shape index (κ2) is 7.91. The number of para-hydroxylation sites is 2. The van der Waals surface area contributed by atoms with Crippen molar-refractivity contribution in [2.75, 3.05) is 17.7 Å². The Bertz CT molecular complexity index is 810. The first-order valence-electron chi connectivity index (χ1n) is 8.34. The maximum Gasteiger partial charge on any atom is 0.319 e. The summed E-state index contributed by atoms with van der Waals surface area (Å²) in [7, 11) is 1.52. The number of benzene rings is 2. The third kappa shape index (κ3) is 4.99. The van der Waals surface area contributed by atoms with Crippen LogP contribution in [0.25, 0.3) is 0 Å². The number of ether oxygens (including phenoxy) is 1. The molecule has 3 amide bonds. The summed E-state index contributed by atoms with van der Waals surface area (Å²) in [5.74, 6) is 0.176. The van der Waals surface area contributed by atoms with Crippen molar-refractivity contribution < 1.29 is 14.3 Å². The quantitative estimate of drug-likeness (QED) is 0.770. The molecule has 0 aromatic heterocycles. The van der Waals surface area contributed by atoms with E-state index in [-0.39, 0.29) is 17.5 Å². The summed E-state index contributed by atoms with van der Waals surface area (Å²) in [5, 5.41) is 8.51. The lowest BCUT2D eigenvalue weighted by Crippen LogP contribution is -2.43. The van der Waals surface area contributed by atoms with E-state index in [2.05, 4.69) is 16.0 Å². The third-order valence-electron chi connectivity index (χ3n) is 3.60. The molecule has 0 atom stereocenters. The Labute approximate surface area is 153 Å². The normalized spacial score (nSPS) is 10.8. The highest BCUT2D eigenvalue weighted by Gasteiger charge is 2.18. The third-order valence-corrected chi connectivity index (χ3v) is 3.60. The van der Waals surface area contributed by atoms with Gasteiger partial charge in [0.15, 0.2) is 0 Å². The molecule has 3 N–H and O–H groups in total. The molecule has 26 heavy (non-hydrogen) atoms. The number of rotatable bonds is 4. The van der Waals surface area contributed by atoms with Crippen LogP contribution in [0, 0.1) is 6.92 Å². The zero-order valence-corrected chi connectivity index (χ0v) is 15.8. The fourth-order valence-corrected chi connectivity index (χ4v) is 2.45. The Morgan fingerprint density at radius 2 is 1.65 bits per heavy atom. The van der Waals surface area contributed by atoms with Gasteiger partial charge in [-0.05, 0) is 51.5 Å². The molecule has 0 spiro atoms. The van der Waals surface area contributed by atoms with E-state index in [1.807, 2.05) is 39.8 Å².